The number of tetrazole rings is 2. The zero-order valence-corrected chi connectivity index (χ0v) is 72.2. The smallest absolute Gasteiger partial charge is 0.438 e. The van der Waals surface area contributed by atoms with Gasteiger partial charge in [-0.25, -0.2) is 9.79 Å². The Hall–Kier alpha value is -19.2. The van der Waals surface area contributed by atoms with Gasteiger partial charge >= 0.3 is 5.76 Å². The number of aliphatic imine (C=N–C) groups is 1. The molecule has 16 heterocycles. The van der Waals surface area contributed by atoms with Gasteiger partial charge in [0.2, 0.25) is 10.9 Å². The van der Waals surface area contributed by atoms with E-state index >= 15 is 0 Å². The van der Waals surface area contributed by atoms with Crippen LogP contribution in [0, 0.1) is 0 Å². The Bertz CT molecular complexity index is 7510. The third-order valence-corrected chi connectivity index (χ3v) is 20.8. The van der Waals surface area contributed by atoms with E-state index in [9.17, 15) is 46.5 Å². The van der Waals surface area contributed by atoms with Crippen molar-refractivity contribution in [2.24, 2.45) is 35.8 Å². The standard InChI is InChI=1S/C12H11N3O2.C11H10N4O2S.2C11H10N4O2.C10H10N6O.C10H9N5O3.C9H8N6O.C8H7N7O2/c1-8-4-11(14-17-8)6-9-2-3-12-10(5-9)7-13-15(12)16;16-15-10-4-2-7(5-9(10)12-14-15)1-3-8-6-11(18)17-13-8;2*1-7-4-9(13-17-7)5-8-2-3-11-10(6-8)12-14-15(11)16;17-16-9-3-1-7(5-8(9)6-11-16)2-4-10-12-14-15-13-10;16-10-11-9(13-18-10)4-2-6-1-3-8-7(5-6)12-14-15(8)17;16-15-8-2-1-6(3-7(8)12-14-15)4-9-10-5-11-13-9;16-15-7-2-1-5(3-6(7)9-14-15)17-4-8-10-12-13-11-8/h2-3,5,7,16H,1,4,6H2;2,4-5,16H,1,3,6H2;2*2-3,6,16H,1,4-5H2;1,3,5-6,17H,2,4H2,(H,12,13,14,15);1,3,5,17H,2,4H2,(H,11,13,16);1-3,16H,4-5H2;1-3,16H,4H2,(H,10,11,12,13). The zero-order chi connectivity index (χ0) is 94.8. The highest BCUT2D eigenvalue weighted by atomic mass is 32.1. The van der Waals surface area contributed by atoms with Crippen molar-refractivity contribution in [3.8, 4) is 5.75 Å². The number of hydrogen-bond acceptors (Lipinski definition) is 44. The van der Waals surface area contributed by atoms with Crippen LogP contribution in [-0.2, 0) is 83.7 Å². The van der Waals surface area contributed by atoms with Crippen LogP contribution in [0.1, 0.15) is 88.5 Å². The van der Waals surface area contributed by atoms with Crippen molar-refractivity contribution < 1.29 is 70.3 Å². The summed E-state index contributed by atoms with van der Waals surface area (Å²) in [6, 6.07) is 44.2. The lowest BCUT2D eigenvalue weighted by Crippen LogP contribution is -1.99. The van der Waals surface area contributed by atoms with E-state index in [0.29, 0.717) is 192 Å². The minimum absolute atomic E-state index is 0.204. The van der Waals surface area contributed by atoms with Gasteiger partial charge in [0.15, 0.2) is 30.8 Å². The Morgan fingerprint density at radius 1 is 0.387 bits per heavy atom. The molecule has 0 saturated carbocycles. The SMILES string of the molecule is C=C1CC(Cc2ccc3c(c2)nnn3O)=NO1.C=C1CC(Cc2ccc3c(c2)nnn3O)=NO1.C=C1CC(Cc2ccc3c(cnn3O)c2)=NO1.O=c1[nH]c(CCc2ccc3c(c2)nnn3O)no1.On1ncc2cc(CCc3nn[nH]n3)ccc21.On1nnc2cc(CC3=NCN=N3)ccc21.On1nnc2cc(CCC3=NOC(=S)C3)ccc21.On1nnc2cc(OCc3nn[nH]n3)ccc21. The lowest BCUT2D eigenvalue weighted by molar-refractivity contribution is 0.154. The number of rotatable bonds is 20. The molecule has 11 N–H and O–H groups in total. The number of nitrogens with zero attached hydrogens (tertiary/aromatic N) is 36. The second-order valence-electron chi connectivity index (χ2n) is 30.3. The fourth-order valence-corrected chi connectivity index (χ4v) is 14.1. The maximum absolute atomic E-state index is 10.7. The predicted molar refractivity (Wildman–Crippen MR) is 480 cm³/mol. The van der Waals surface area contributed by atoms with Crippen LogP contribution < -0.4 is 10.5 Å². The number of hydrogen-bond donors (Lipinski definition) is 11. The summed E-state index contributed by atoms with van der Waals surface area (Å²) in [4.78, 5) is 43.3. The van der Waals surface area contributed by atoms with Gasteiger partial charge in [-0.3, -0.25) is 9.51 Å². The summed E-state index contributed by atoms with van der Waals surface area (Å²) >= 11 is 4.91. The summed E-state index contributed by atoms with van der Waals surface area (Å²) in [6.07, 6.45) is 13.1. The monoisotopic (exact) mass is 1880 g/mol. The minimum Gasteiger partial charge on any atom is -0.485 e. The van der Waals surface area contributed by atoms with Gasteiger partial charge < -0.3 is 65.7 Å². The van der Waals surface area contributed by atoms with Gasteiger partial charge in [0.25, 0.3) is 0 Å². The number of benzene rings is 8. The molecule has 19 aromatic rings. The van der Waals surface area contributed by atoms with Crippen molar-refractivity contribution >= 4 is 134 Å². The maximum atomic E-state index is 10.7. The Morgan fingerprint density at radius 3 is 1.17 bits per heavy atom. The van der Waals surface area contributed by atoms with Gasteiger partial charge in [-0.05, 0) is 205 Å². The molecule has 0 radical (unpaired) electrons. The average Bonchev–Trinajstić information content (AvgIpc) is 1.56. The zero-order valence-electron chi connectivity index (χ0n) is 71.4. The molecule has 11 aromatic heterocycles. The molecular weight excluding hydrogens is 1800 g/mol. The third-order valence-electron chi connectivity index (χ3n) is 20.5. The van der Waals surface area contributed by atoms with Crippen LogP contribution in [0.3, 0.4) is 0 Å². The first kappa shape index (κ1) is 89.8. The number of azo groups is 1. The first-order valence-corrected chi connectivity index (χ1v) is 41.6. The van der Waals surface area contributed by atoms with Crippen LogP contribution in [0.2, 0.25) is 0 Å². The Morgan fingerprint density at radius 2 is 0.766 bits per heavy atom. The van der Waals surface area contributed by atoms with E-state index in [-0.39, 0.29) is 6.61 Å². The van der Waals surface area contributed by atoms with E-state index in [1.165, 1.54) is 0 Å². The lowest BCUT2D eigenvalue weighted by atomic mass is 10.0. The molecule has 137 heavy (non-hydrogen) atoms. The Kier molecular flexibility index (Phi) is 27.1. The number of H-pyrrole nitrogens is 3. The van der Waals surface area contributed by atoms with E-state index in [1.807, 2.05) is 97.1 Å². The van der Waals surface area contributed by atoms with Gasteiger partial charge in [0.05, 0.1) is 60.9 Å². The molecule has 0 spiro atoms. The van der Waals surface area contributed by atoms with Crippen LogP contribution in [0.4, 0.5) is 0 Å². The number of thiocarbonyl (C=S) groups is 1. The van der Waals surface area contributed by atoms with Crippen molar-refractivity contribution in [1.29, 1.82) is 0 Å². The molecule has 0 bridgehead atoms. The second-order valence-corrected chi connectivity index (χ2v) is 30.8. The van der Waals surface area contributed by atoms with E-state index in [2.05, 4.69) is 184 Å². The number of fused-ring (bicyclic) bond motifs is 8. The summed E-state index contributed by atoms with van der Waals surface area (Å²) < 4.78 is 9.83. The summed E-state index contributed by atoms with van der Waals surface area (Å²) in [7, 11) is 0. The van der Waals surface area contributed by atoms with Gasteiger partial charge in [-0.1, -0.05) is 127 Å². The van der Waals surface area contributed by atoms with Crippen LogP contribution in [0.25, 0.3) is 88.0 Å². The number of oxime groups is 4. The molecule has 0 saturated heterocycles. The molecule has 54 nitrogen and oxygen atoms in total. The number of aromatic amines is 3. The van der Waals surface area contributed by atoms with Crippen molar-refractivity contribution in [3.63, 3.8) is 0 Å². The number of aryl methyl sites for hydroxylation is 5. The second kappa shape index (κ2) is 41.3. The summed E-state index contributed by atoms with van der Waals surface area (Å²) in [5, 5.41) is 182. The van der Waals surface area contributed by atoms with Gasteiger partial charge in [-0.15, -0.1) is 76.0 Å². The summed E-state index contributed by atoms with van der Waals surface area (Å²) in [5.74, 6) is 4.43. The normalized spacial score (nSPS) is 13.4. The third kappa shape index (κ3) is 23.0. The number of ether oxygens (including phenoxy) is 1. The van der Waals surface area contributed by atoms with E-state index in [4.69, 9.17) is 36.3 Å². The van der Waals surface area contributed by atoms with Crippen molar-refractivity contribution in [2.75, 3.05) is 6.67 Å². The molecule has 5 aliphatic heterocycles. The molecule has 8 aromatic carbocycles. The number of allylic oxidation sites excluding steroid dienone is 3. The van der Waals surface area contributed by atoms with E-state index < -0.39 is 5.76 Å². The van der Waals surface area contributed by atoms with Crippen molar-refractivity contribution in [2.45, 2.75) is 96.5 Å². The lowest BCUT2D eigenvalue weighted by Gasteiger charge is -2.02. The molecule has 0 unspecified atom stereocenters. The predicted octanol–water partition coefficient (Wildman–Crippen LogP) is 8.31. The summed E-state index contributed by atoms with van der Waals surface area (Å²) in [6.45, 7) is 11.7. The molecule has 0 atom stereocenters. The fourth-order valence-electron chi connectivity index (χ4n) is 13.9. The largest absolute Gasteiger partial charge is 0.485 e. The molecule has 55 heteroatoms. The van der Waals surface area contributed by atoms with Gasteiger partial charge in [-0.2, -0.15) is 15.5 Å². The van der Waals surface area contributed by atoms with Crippen LogP contribution in [0.15, 0.2) is 240 Å². The quantitative estimate of drug-likeness (QED) is 0.0252. The average molecular weight is 1880 g/mol. The number of aromatic nitrogens is 32. The van der Waals surface area contributed by atoms with E-state index in [0.717, 1.165) is 144 Å². The molecule has 0 fully saturated rings. The molecule has 0 amide bonds. The minimum atomic E-state index is -0.552. The molecule has 694 valence electrons. The Balaban J connectivity index is 0.000000109. The van der Waals surface area contributed by atoms with E-state index in [1.54, 1.807) is 60.9 Å². The van der Waals surface area contributed by atoms with Gasteiger partial charge in [0.1, 0.15) is 100 Å². The van der Waals surface area contributed by atoms with Crippen molar-refractivity contribution in [3.05, 3.63) is 262 Å². The Labute approximate surface area is 769 Å². The molecule has 0 aliphatic carbocycles. The summed E-state index contributed by atoms with van der Waals surface area (Å²) in [5.41, 5.74) is 19.9. The first-order valence-electron chi connectivity index (χ1n) is 41.1. The molecule has 5 aliphatic rings. The highest BCUT2D eigenvalue weighted by molar-refractivity contribution is 7.80. The van der Waals surface area contributed by atoms with Crippen LogP contribution in [0.5, 0.6) is 5.75 Å². The first-order chi connectivity index (χ1) is 66.6. The molecular formula is C82H75N39O15S. The maximum Gasteiger partial charge on any atom is 0.438 e. The number of amidine groups is 1. The van der Waals surface area contributed by atoms with Crippen molar-refractivity contribution in [1.82, 2.24) is 162 Å². The van der Waals surface area contributed by atoms with Crippen LogP contribution >= 0.6 is 12.2 Å². The highest BCUT2D eigenvalue weighted by Gasteiger charge is 2.21. The topological polar surface area (TPSA) is 682 Å². The molecule has 24 rings (SSSR count). The van der Waals surface area contributed by atoms with Crippen LogP contribution in [-0.4, -0.2) is 244 Å². The fraction of sp³-hybridized carbons (Fsp3) is 0.195. The number of nitrogens with one attached hydrogen (secondary N) is 3. The highest BCUT2D eigenvalue weighted by Crippen LogP contribution is 2.26. The van der Waals surface area contributed by atoms with Gasteiger partial charge in [0, 0.05) is 55.4 Å².